The molecule has 1 amide bonds. The number of para-hydroxylation sites is 1. The molecule has 2 aromatic carbocycles. The Morgan fingerprint density at radius 2 is 2.00 bits per heavy atom. The first-order chi connectivity index (χ1) is 13.6. The van der Waals surface area contributed by atoms with Crippen LogP contribution in [-0.2, 0) is 16.0 Å². The first kappa shape index (κ1) is 18.7. The molecule has 0 saturated carbocycles. The lowest BCUT2D eigenvalue weighted by Gasteiger charge is -2.21. The smallest absolute Gasteiger partial charge is 0.222 e. The molecular weight excluding hydrogens is 355 g/mol. The number of ether oxygens (including phenoxy) is 1. The molecule has 3 aromatic rings. The van der Waals surface area contributed by atoms with Crippen molar-refractivity contribution in [3.8, 4) is 11.3 Å². The van der Waals surface area contributed by atoms with Crippen molar-refractivity contribution in [1.82, 2.24) is 9.88 Å². The quantitative estimate of drug-likeness (QED) is 0.682. The number of hydrogen-bond donors (Lipinski definition) is 1. The van der Waals surface area contributed by atoms with E-state index in [1.165, 1.54) is 12.1 Å². The second-order valence-electron chi connectivity index (χ2n) is 7.44. The molecule has 0 spiro atoms. The minimum atomic E-state index is -0.257. The number of amides is 1. The molecule has 28 heavy (non-hydrogen) atoms. The largest absolute Gasteiger partial charge is 0.376 e. The van der Waals surface area contributed by atoms with Gasteiger partial charge < -0.3 is 14.6 Å². The van der Waals surface area contributed by atoms with Crippen LogP contribution in [0.5, 0.6) is 0 Å². The van der Waals surface area contributed by atoms with Crippen LogP contribution >= 0.6 is 0 Å². The van der Waals surface area contributed by atoms with Crippen LogP contribution in [0.25, 0.3) is 22.2 Å². The monoisotopic (exact) mass is 380 g/mol. The van der Waals surface area contributed by atoms with Crippen LogP contribution in [0.2, 0.25) is 0 Å². The first-order valence-electron chi connectivity index (χ1n) is 9.83. The van der Waals surface area contributed by atoms with Gasteiger partial charge >= 0.3 is 0 Å². The van der Waals surface area contributed by atoms with E-state index >= 15 is 0 Å². The normalized spacial score (nSPS) is 16.6. The van der Waals surface area contributed by atoms with Crippen molar-refractivity contribution in [2.24, 2.45) is 0 Å². The lowest BCUT2D eigenvalue weighted by Crippen LogP contribution is -2.34. The molecule has 2 heterocycles. The van der Waals surface area contributed by atoms with Crippen LogP contribution in [0.1, 0.15) is 24.8 Å². The van der Waals surface area contributed by atoms with Gasteiger partial charge in [0.05, 0.1) is 6.10 Å². The van der Waals surface area contributed by atoms with Gasteiger partial charge in [-0.3, -0.25) is 4.79 Å². The van der Waals surface area contributed by atoms with Gasteiger partial charge in [0, 0.05) is 43.2 Å². The van der Waals surface area contributed by atoms with Crippen LogP contribution in [0.15, 0.2) is 48.5 Å². The maximum Gasteiger partial charge on any atom is 0.222 e. The SMILES string of the molecule is CN(CC1CCCO1)C(=O)CCc1c(-c2ccc(F)cc2)[nH]c2ccccc12. The summed E-state index contributed by atoms with van der Waals surface area (Å²) in [6.45, 7) is 1.45. The third-order valence-corrected chi connectivity index (χ3v) is 5.46. The van der Waals surface area contributed by atoms with E-state index in [4.69, 9.17) is 4.74 Å². The summed E-state index contributed by atoms with van der Waals surface area (Å²) in [5, 5.41) is 1.11. The van der Waals surface area contributed by atoms with E-state index in [9.17, 15) is 9.18 Å². The molecule has 1 saturated heterocycles. The number of aromatic amines is 1. The predicted molar refractivity (Wildman–Crippen MR) is 109 cm³/mol. The number of nitrogens with one attached hydrogen (secondary N) is 1. The number of halogens is 1. The van der Waals surface area contributed by atoms with Crippen LogP contribution < -0.4 is 0 Å². The van der Waals surface area contributed by atoms with Crippen LogP contribution in [-0.4, -0.2) is 42.1 Å². The summed E-state index contributed by atoms with van der Waals surface area (Å²) in [4.78, 5) is 17.9. The number of aryl methyl sites for hydroxylation is 1. The summed E-state index contributed by atoms with van der Waals surface area (Å²) in [5.74, 6) is -0.141. The molecular formula is C23H25FN2O2. The number of H-pyrrole nitrogens is 1. The summed E-state index contributed by atoms with van der Waals surface area (Å²) in [6.07, 6.45) is 3.32. The molecule has 1 atom stereocenters. The number of rotatable bonds is 6. The van der Waals surface area contributed by atoms with Crippen LogP contribution in [0.3, 0.4) is 0 Å². The Balaban J connectivity index is 1.54. The van der Waals surface area contributed by atoms with Crippen molar-refractivity contribution in [3.05, 3.63) is 59.9 Å². The molecule has 4 rings (SSSR count). The Kier molecular flexibility index (Phi) is 5.44. The highest BCUT2D eigenvalue weighted by molar-refractivity contribution is 5.91. The third-order valence-electron chi connectivity index (χ3n) is 5.46. The van der Waals surface area contributed by atoms with Crippen molar-refractivity contribution in [3.63, 3.8) is 0 Å². The fraction of sp³-hybridized carbons (Fsp3) is 0.348. The van der Waals surface area contributed by atoms with Gasteiger partial charge in [-0.1, -0.05) is 18.2 Å². The summed E-state index contributed by atoms with van der Waals surface area (Å²) in [5.41, 5.74) is 4.00. The average molecular weight is 380 g/mol. The Morgan fingerprint density at radius 3 is 2.75 bits per heavy atom. The number of carbonyl (C=O) groups is 1. The average Bonchev–Trinajstić information content (AvgIpc) is 3.34. The Bertz CT molecular complexity index is 958. The summed E-state index contributed by atoms with van der Waals surface area (Å²) >= 11 is 0. The van der Waals surface area contributed by atoms with Gasteiger partial charge in [-0.05, 0) is 60.7 Å². The number of aromatic nitrogens is 1. The third kappa shape index (κ3) is 3.94. The van der Waals surface area contributed by atoms with E-state index in [0.29, 0.717) is 19.4 Å². The van der Waals surface area contributed by atoms with Gasteiger partial charge in [-0.25, -0.2) is 4.39 Å². The number of hydrogen-bond acceptors (Lipinski definition) is 2. The molecule has 0 aliphatic carbocycles. The zero-order valence-electron chi connectivity index (χ0n) is 16.1. The molecule has 5 heteroatoms. The minimum Gasteiger partial charge on any atom is -0.376 e. The van der Waals surface area contributed by atoms with E-state index < -0.39 is 0 Å². The summed E-state index contributed by atoms with van der Waals surface area (Å²) < 4.78 is 19.0. The molecule has 1 aliphatic rings. The Hall–Kier alpha value is -2.66. The maximum absolute atomic E-state index is 13.3. The van der Waals surface area contributed by atoms with Crippen LogP contribution in [0, 0.1) is 5.82 Å². The van der Waals surface area contributed by atoms with Crippen molar-refractivity contribution < 1.29 is 13.9 Å². The van der Waals surface area contributed by atoms with E-state index in [1.54, 1.807) is 17.0 Å². The highest BCUT2D eigenvalue weighted by atomic mass is 19.1. The Labute approximate surface area is 164 Å². The highest BCUT2D eigenvalue weighted by Gasteiger charge is 2.21. The predicted octanol–water partition coefficient (Wildman–Crippen LogP) is 4.54. The lowest BCUT2D eigenvalue weighted by atomic mass is 10.0. The highest BCUT2D eigenvalue weighted by Crippen LogP contribution is 2.31. The van der Waals surface area contributed by atoms with Crippen molar-refractivity contribution in [1.29, 1.82) is 0 Å². The van der Waals surface area contributed by atoms with E-state index in [0.717, 1.165) is 47.2 Å². The Morgan fingerprint density at radius 1 is 1.21 bits per heavy atom. The molecule has 1 N–H and O–H groups in total. The minimum absolute atomic E-state index is 0.117. The zero-order chi connectivity index (χ0) is 19.5. The summed E-state index contributed by atoms with van der Waals surface area (Å²) in [6, 6.07) is 14.5. The van der Waals surface area contributed by atoms with E-state index in [2.05, 4.69) is 11.1 Å². The van der Waals surface area contributed by atoms with Gasteiger partial charge in [0.2, 0.25) is 5.91 Å². The van der Waals surface area contributed by atoms with Crippen molar-refractivity contribution >= 4 is 16.8 Å². The number of carbonyl (C=O) groups excluding carboxylic acids is 1. The van der Waals surface area contributed by atoms with Crippen LogP contribution in [0.4, 0.5) is 4.39 Å². The number of nitrogens with zero attached hydrogens (tertiary/aromatic N) is 1. The molecule has 1 fully saturated rings. The first-order valence-corrected chi connectivity index (χ1v) is 9.83. The second-order valence-corrected chi connectivity index (χ2v) is 7.44. The van der Waals surface area contributed by atoms with E-state index in [1.807, 2.05) is 25.2 Å². The van der Waals surface area contributed by atoms with Crippen molar-refractivity contribution in [2.75, 3.05) is 20.2 Å². The fourth-order valence-electron chi connectivity index (χ4n) is 3.94. The summed E-state index contributed by atoms with van der Waals surface area (Å²) in [7, 11) is 1.85. The van der Waals surface area contributed by atoms with Gasteiger partial charge in [-0.2, -0.15) is 0 Å². The maximum atomic E-state index is 13.3. The van der Waals surface area contributed by atoms with Gasteiger partial charge in [0.1, 0.15) is 5.82 Å². The standard InChI is InChI=1S/C23H25FN2O2/c1-26(15-18-5-4-14-28-18)22(27)13-12-20-19-6-2-3-7-21(19)25-23(20)16-8-10-17(24)11-9-16/h2-3,6-11,18,25H,4-5,12-15H2,1H3. The fourth-order valence-corrected chi connectivity index (χ4v) is 3.94. The lowest BCUT2D eigenvalue weighted by molar-refractivity contribution is -0.131. The zero-order valence-corrected chi connectivity index (χ0v) is 16.1. The number of benzene rings is 2. The molecule has 1 aliphatic heterocycles. The molecule has 1 unspecified atom stereocenters. The second kappa shape index (κ2) is 8.15. The van der Waals surface area contributed by atoms with Gasteiger partial charge in [0.25, 0.3) is 0 Å². The van der Waals surface area contributed by atoms with Crippen molar-refractivity contribution in [2.45, 2.75) is 31.8 Å². The molecule has 4 nitrogen and oxygen atoms in total. The van der Waals surface area contributed by atoms with E-state index in [-0.39, 0.29) is 17.8 Å². The molecule has 0 bridgehead atoms. The van der Waals surface area contributed by atoms with Gasteiger partial charge in [0.15, 0.2) is 0 Å². The number of fused-ring (bicyclic) bond motifs is 1. The topological polar surface area (TPSA) is 45.3 Å². The molecule has 0 radical (unpaired) electrons. The van der Waals surface area contributed by atoms with Gasteiger partial charge in [-0.15, -0.1) is 0 Å². The molecule has 146 valence electrons. The molecule has 1 aromatic heterocycles. The number of likely N-dealkylation sites (N-methyl/N-ethyl adjacent to an activating group) is 1.